The maximum absolute atomic E-state index is 12.4. The first-order chi connectivity index (χ1) is 8.88. The van der Waals surface area contributed by atoms with Crippen LogP contribution >= 0.6 is 0 Å². The summed E-state index contributed by atoms with van der Waals surface area (Å²) in [6.07, 6.45) is 4.79. The van der Waals surface area contributed by atoms with Gasteiger partial charge in [0.1, 0.15) is 0 Å². The Balaban J connectivity index is 2.25. The van der Waals surface area contributed by atoms with E-state index in [-0.39, 0.29) is 11.6 Å². The van der Waals surface area contributed by atoms with E-state index < -0.39 is 15.6 Å². The summed E-state index contributed by atoms with van der Waals surface area (Å²) in [7, 11) is -2.06. The first kappa shape index (κ1) is 14.5. The molecule has 1 heterocycles. The molecule has 0 amide bonds. The van der Waals surface area contributed by atoms with E-state index in [1.807, 2.05) is 0 Å². The monoisotopic (exact) mass is 287 g/mol. The molecule has 0 radical (unpaired) electrons. The number of aliphatic hydroxyl groups is 1. The van der Waals surface area contributed by atoms with Gasteiger partial charge in [-0.05, 0) is 24.8 Å². The molecule has 1 aromatic heterocycles. The van der Waals surface area contributed by atoms with Gasteiger partial charge < -0.3 is 5.11 Å². The van der Waals surface area contributed by atoms with Crippen molar-refractivity contribution in [2.45, 2.75) is 43.2 Å². The lowest BCUT2D eigenvalue weighted by Gasteiger charge is -2.38. The first-order valence-corrected chi connectivity index (χ1v) is 8.00. The zero-order valence-electron chi connectivity index (χ0n) is 11.3. The van der Waals surface area contributed by atoms with Crippen LogP contribution in [0.1, 0.15) is 32.6 Å². The van der Waals surface area contributed by atoms with E-state index in [0.29, 0.717) is 18.8 Å². The maximum atomic E-state index is 12.4. The van der Waals surface area contributed by atoms with Crippen LogP contribution in [-0.4, -0.2) is 35.5 Å². The largest absolute Gasteiger partial charge is 0.394 e. The summed E-state index contributed by atoms with van der Waals surface area (Å²) in [5.41, 5.74) is -0.735. The Bertz CT molecular complexity index is 540. The van der Waals surface area contributed by atoms with Gasteiger partial charge in [0.15, 0.2) is 5.03 Å². The molecule has 0 spiro atoms. The van der Waals surface area contributed by atoms with Crippen molar-refractivity contribution in [1.29, 1.82) is 0 Å². The summed E-state index contributed by atoms with van der Waals surface area (Å²) >= 11 is 0. The smallest absolute Gasteiger partial charge is 0.258 e. The fraction of sp³-hybridized carbons (Fsp3) is 0.750. The highest BCUT2D eigenvalue weighted by molar-refractivity contribution is 7.89. The Hall–Kier alpha value is -0.920. The maximum Gasteiger partial charge on any atom is 0.258 e. The number of nitrogens with zero attached hydrogens (tertiary/aromatic N) is 2. The van der Waals surface area contributed by atoms with Crippen LogP contribution < -0.4 is 4.72 Å². The number of hydrogen-bond acceptors (Lipinski definition) is 4. The molecule has 0 aliphatic heterocycles. The molecule has 2 atom stereocenters. The molecule has 1 saturated carbocycles. The average Bonchev–Trinajstić information content (AvgIpc) is 2.75. The predicted octanol–water partition coefficient (Wildman–Crippen LogP) is 0.640. The molecule has 1 aliphatic carbocycles. The van der Waals surface area contributed by atoms with E-state index >= 15 is 0 Å². The molecule has 7 heteroatoms. The van der Waals surface area contributed by atoms with Gasteiger partial charge in [0.05, 0.1) is 18.3 Å². The molecule has 108 valence electrons. The van der Waals surface area contributed by atoms with Gasteiger partial charge in [-0.2, -0.15) is 5.10 Å². The average molecular weight is 287 g/mol. The minimum Gasteiger partial charge on any atom is -0.394 e. The number of hydrogen-bond donors (Lipinski definition) is 2. The summed E-state index contributed by atoms with van der Waals surface area (Å²) in [5, 5.41) is 13.6. The Morgan fingerprint density at radius 1 is 1.63 bits per heavy atom. The molecule has 1 fully saturated rings. The van der Waals surface area contributed by atoms with Crippen molar-refractivity contribution in [3.63, 3.8) is 0 Å². The van der Waals surface area contributed by atoms with Crippen LogP contribution in [0.15, 0.2) is 17.3 Å². The molecular weight excluding hydrogens is 266 g/mol. The summed E-state index contributed by atoms with van der Waals surface area (Å²) < 4.78 is 28.8. The molecule has 6 nitrogen and oxygen atoms in total. The van der Waals surface area contributed by atoms with Crippen LogP contribution in [0.25, 0.3) is 0 Å². The third-order valence-electron chi connectivity index (χ3n) is 3.80. The Kier molecular flexibility index (Phi) is 3.98. The van der Waals surface area contributed by atoms with Crippen molar-refractivity contribution in [3.05, 3.63) is 12.3 Å². The van der Waals surface area contributed by atoms with Gasteiger partial charge in [0.2, 0.25) is 0 Å². The van der Waals surface area contributed by atoms with Gasteiger partial charge in [-0.1, -0.05) is 19.8 Å². The van der Waals surface area contributed by atoms with Crippen LogP contribution in [0.5, 0.6) is 0 Å². The zero-order chi connectivity index (χ0) is 14.1. The van der Waals surface area contributed by atoms with E-state index in [1.165, 1.54) is 16.9 Å². The molecule has 2 unspecified atom stereocenters. The standard InChI is InChI=1S/C12H21N3O3S/c1-10-4-3-6-12(8-10,9-16)14-19(17,18)11-5-7-13-15(11)2/h5,7,10,14,16H,3-4,6,8-9H2,1-2H3. The number of sulfonamides is 1. The number of rotatable bonds is 4. The lowest BCUT2D eigenvalue weighted by atomic mass is 9.78. The fourth-order valence-electron chi connectivity index (χ4n) is 2.89. The SMILES string of the molecule is CC1CCCC(CO)(NS(=O)(=O)c2ccnn2C)C1. The fourth-order valence-corrected chi connectivity index (χ4v) is 4.45. The van der Waals surface area contributed by atoms with Gasteiger partial charge in [-0.3, -0.25) is 4.68 Å². The predicted molar refractivity (Wildman–Crippen MR) is 71.0 cm³/mol. The number of aromatic nitrogens is 2. The summed E-state index contributed by atoms with van der Waals surface area (Å²) in [5.74, 6) is 0.412. The third-order valence-corrected chi connectivity index (χ3v) is 5.45. The van der Waals surface area contributed by atoms with Crippen molar-refractivity contribution in [3.8, 4) is 0 Å². The normalized spacial score (nSPS) is 28.5. The summed E-state index contributed by atoms with van der Waals surface area (Å²) in [6, 6.07) is 1.46. The second-order valence-electron chi connectivity index (χ2n) is 5.54. The topological polar surface area (TPSA) is 84.2 Å². The van der Waals surface area contributed by atoms with Gasteiger partial charge in [0.25, 0.3) is 10.0 Å². The van der Waals surface area contributed by atoms with Crippen LogP contribution in [0.2, 0.25) is 0 Å². The van der Waals surface area contributed by atoms with Crippen molar-refractivity contribution in [2.75, 3.05) is 6.61 Å². The van der Waals surface area contributed by atoms with E-state index in [4.69, 9.17) is 0 Å². The molecule has 19 heavy (non-hydrogen) atoms. The van der Waals surface area contributed by atoms with Gasteiger partial charge >= 0.3 is 0 Å². The lowest BCUT2D eigenvalue weighted by molar-refractivity contribution is 0.119. The van der Waals surface area contributed by atoms with E-state index in [1.54, 1.807) is 7.05 Å². The lowest BCUT2D eigenvalue weighted by Crippen LogP contribution is -2.53. The highest BCUT2D eigenvalue weighted by Gasteiger charge is 2.38. The third kappa shape index (κ3) is 2.98. The number of aliphatic hydroxyl groups excluding tert-OH is 1. The second-order valence-corrected chi connectivity index (χ2v) is 7.17. The van der Waals surface area contributed by atoms with E-state index in [0.717, 1.165) is 12.8 Å². The van der Waals surface area contributed by atoms with Crippen molar-refractivity contribution in [2.24, 2.45) is 13.0 Å². The van der Waals surface area contributed by atoms with Crippen molar-refractivity contribution in [1.82, 2.24) is 14.5 Å². The van der Waals surface area contributed by atoms with Gasteiger partial charge in [-0.15, -0.1) is 0 Å². The summed E-state index contributed by atoms with van der Waals surface area (Å²) in [6.45, 7) is 1.91. The second kappa shape index (κ2) is 5.22. The van der Waals surface area contributed by atoms with Crippen LogP contribution in [0, 0.1) is 5.92 Å². The van der Waals surface area contributed by atoms with Crippen LogP contribution in [0.3, 0.4) is 0 Å². The van der Waals surface area contributed by atoms with Crippen LogP contribution in [-0.2, 0) is 17.1 Å². The summed E-state index contributed by atoms with van der Waals surface area (Å²) in [4.78, 5) is 0. The molecular formula is C12H21N3O3S. The van der Waals surface area contributed by atoms with Crippen molar-refractivity contribution >= 4 is 10.0 Å². The molecule has 2 rings (SSSR count). The minimum absolute atomic E-state index is 0.124. The molecule has 1 aliphatic rings. The number of nitrogens with one attached hydrogen (secondary N) is 1. The quantitative estimate of drug-likeness (QED) is 0.851. The molecule has 0 bridgehead atoms. The zero-order valence-corrected chi connectivity index (χ0v) is 12.2. The molecule has 0 aromatic carbocycles. The highest BCUT2D eigenvalue weighted by atomic mass is 32.2. The minimum atomic E-state index is -3.65. The molecule has 2 N–H and O–H groups in total. The van der Waals surface area contributed by atoms with E-state index in [2.05, 4.69) is 16.7 Å². The van der Waals surface area contributed by atoms with Crippen LogP contribution in [0.4, 0.5) is 0 Å². The van der Waals surface area contributed by atoms with Gasteiger partial charge in [-0.25, -0.2) is 13.1 Å². The van der Waals surface area contributed by atoms with E-state index in [9.17, 15) is 13.5 Å². The first-order valence-electron chi connectivity index (χ1n) is 6.51. The Morgan fingerprint density at radius 2 is 2.37 bits per heavy atom. The van der Waals surface area contributed by atoms with Gasteiger partial charge in [0, 0.05) is 7.05 Å². The molecule has 0 saturated heterocycles. The Labute approximate surface area is 113 Å². The highest BCUT2D eigenvalue weighted by Crippen LogP contribution is 2.33. The van der Waals surface area contributed by atoms with Crippen molar-refractivity contribution < 1.29 is 13.5 Å². The number of aryl methyl sites for hydroxylation is 1. The Morgan fingerprint density at radius 3 is 2.89 bits per heavy atom. The molecule has 1 aromatic rings.